The van der Waals surface area contributed by atoms with Crippen LogP contribution in [0.4, 0.5) is 10.1 Å². The molecule has 0 radical (unpaired) electrons. The largest absolute Gasteiger partial charge is 0.383 e. The van der Waals surface area contributed by atoms with Crippen molar-refractivity contribution in [3.63, 3.8) is 0 Å². The van der Waals surface area contributed by atoms with Crippen LogP contribution >= 0.6 is 23.3 Å². The number of hydrogen-bond acceptors (Lipinski definition) is 6. The lowest BCUT2D eigenvalue weighted by molar-refractivity contribution is 0.0783. The van der Waals surface area contributed by atoms with E-state index in [1.165, 1.54) is 23.3 Å². The summed E-state index contributed by atoms with van der Waals surface area (Å²) in [5.74, 6) is -0.574. The molecular formula is C20H26FN5OS2. The Labute approximate surface area is 179 Å². The van der Waals surface area contributed by atoms with Crippen molar-refractivity contribution in [1.29, 1.82) is 5.26 Å². The molecule has 0 atom stereocenters. The first kappa shape index (κ1) is 23.1. The number of aliphatic hydroxyl groups is 1. The molecule has 156 valence electrons. The molecule has 4 N–H and O–H groups in total. The minimum Gasteiger partial charge on any atom is -0.383 e. The van der Waals surface area contributed by atoms with Crippen LogP contribution in [0.5, 0.6) is 0 Å². The average molecular weight is 436 g/mol. The molecule has 6 nitrogen and oxygen atoms in total. The van der Waals surface area contributed by atoms with Gasteiger partial charge in [0.2, 0.25) is 5.96 Å². The molecule has 2 rings (SSSR count). The molecule has 0 aliphatic carbocycles. The van der Waals surface area contributed by atoms with Crippen LogP contribution in [0.3, 0.4) is 0 Å². The number of nitrogens with one attached hydrogen (secondary N) is 1. The third kappa shape index (κ3) is 5.47. The highest BCUT2D eigenvalue weighted by molar-refractivity contribution is 7.99. The van der Waals surface area contributed by atoms with Crippen molar-refractivity contribution in [2.45, 2.75) is 63.2 Å². The molecule has 0 saturated carbocycles. The summed E-state index contributed by atoms with van der Waals surface area (Å²) in [6.07, 6.45) is 1.64. The van der Waals surface area contributed by atoms with E-state index in [1.54, 1.807) is 26.1 Å². The fraction of sp³-hybridized carbons (Fsp3) is 0.450. The van der Waals surface area contributed by atoms with Gasteiger partial charge < -0.3 is 10.8 Å². The minimum atomic E-state index is -1.01. The molecule has 0 aliphatic heterocycles. The summed E-state index contributed by atoms with van der Waals surface area (Å²) in [6.45, 7) is 11.0. The quantitative estimate of drug-likeness (QED) is 0.339. The Kier molecular flexibility index (Phi) is 7.27. The maximum absolute atomic E-state index is 14.9. The summed E-state index contributed by atoms with van der Waals surface area (Å²) in [5, 5.41) is 19.9. The van der Waals surface area contributed by atoms with Crippen LogP contribution in [0, 0.1) is 17.1 Å². The predicted molar refractivity (Wildman–Crippen MR) is 117 cm³/mol. The van der Waals surface area contributed by atoms with Gasteiger partial charge in [-0.05, 0) is 49.3 Å². The van der Waals surface area contributed by atoms with Crippen molar-refractivity contribution >= 4 is 34.9 Å². The van der Waals surface area contributed by atoms with Gasteiger partial charge in [0.25, 0.3) is 0 Å². The predicted octanol–water partition coefficient (Wildman–Crippen LogP) is 4.87. The topological polar surface area (TPSA) is 107 Å². The van der Waals surface area contributed by atoms with Crippen LogP contribution in [0.1, 0.15) is 75.1 Å². The molecule has 2 aromatic rings. The Hall–Kier alpha value is -2.15. The lowest BCUT2D eigenvalue weighted by atomic mass is 9.90. The van der Waals surface area contributed by atoms with Crippen molar-refractivity contribution in [3.05, 3.63) is 39.8 Å². The second-order valence-electron chi connectivity index (χ2n) is 7.76. The number of halogens is 1. The van der Waals surface area contributed by atoms with E-state index in [4.69, 9.17) is 5.73 Å². The fourth-order valence-electron chi connectivity index (χ4n) is 2.70. The third-order valence-electron chi connectivity index (χ3n) is 4.12. The molecule has 1 aromatic heterocycles. The van der Waals surface area contributed by atoms with Crippen molar-refractivity contribution in [3.8, 4) is 6.07 Å². The Morgan fingerprint density at radius 3 is 2.52 bits per heavy atom. The fourth-order valence-corrected chi connectivity index (χ4v) is 4.24. The minimum absolute atomic E-state index is 0.0149. The number of nitrogens with two attached hydrogens (primary N) is 1. The second kappa shape index (κ2) is 9.11. The summed E-state index contributed by atoms with van der Waals surface area (Å²) in [4.78, 5) is 8.66. The SMILES string of the molecule is CC(C)c1cc(C#N)c(F)c(C(C)C)c1N=C(N)NSc1cnc(C(C)(C)O)s1. The van der Waals surface area contributed by atoms with Gasteiger partial charge in [-0.3, -0.25) is 4.72 Å². The van der Waals surface area contributed by atoms with Crippen LogP contribution in [0.2, 0.25) is 0 Å². The monoisotopic (exact) mass is 435 g/mol. The Bertz CT molecular complexity index is 955. The van der Waals surface area contributed by atoms with E-state index in [9.17, 15) is 14.8 Å². The van der Waals surface area contributed by atoms with E-state index in [0.29, 0.717) is 16.3 Å². The normalized spacial score (nSPS) is 12.5. The number of benzene rings is 1. The molecule has 1 heterocycles. The number of hydrogen-bond donors (Lipinski definition) is 3. The maximum Gasteiger partial charge on any atom is 0.204 e. The second-order valence-corrected chi connectivity index (χ2v) is 9.89. The van der Waals surface area contributed by atoms with Crippen LogP contribution < -0.4 is 10.5 Å². The van der Waals surface area contributed by atoms with Gasteiger partial charge in [-0.1, -0.05) is 27.7 Å². The maximum atomic E-state index is 14.9. The number of rotatable bonds is 6. The highest BCUT2D eigenvalue weighted by Gasteiger charge is 2.23. The zero-order valence-electron chi connectivity index (χ0n) is 17.4. The van der Waals surface area contributed by atoms with Gasteiger partial charge in [0.15, 0.2) is 0 Å². The number of thiazole rings is 1. The summed E-state index contributed by atoms with van der Waals surface area (Å²) in [6, 6.07) is 3.47. The summed E-state index contributed by atoms with van der Waals surface area (Å²) in [5.41, 5.74) is 6.68. The lowest BCUT2D eigenvalue weighted by Gasteiger charge is -2.19. The van der Waals surface area contributed by atoms with Crippen LogP contribution in [-0.4, -0.2) is 16.1 Å². The molecule has 29 heavy (non-hydrogen) atoms. The third-order valence-corrected chi connectivity index (χ3v) is 6.34. The summed E-state index contributed by atoms with van der Waals surface area (Å²) < 4.78 is 18.6. The highest BCUT2D eigenvalue weighted by Crippen LogP contribution is 2.38. The molecule has 0 amide bonds. The van der Waals surface area contributed by atoms with Crippen LogP contribution in [0.25, 0.3) is 0 Å². The van der Waals surface area contributed by atoms with E-state index in [0.717, 1.165) is 9.77 Å². The molecule has 9 heteroatoms. The molecule has 0 fully saturated rings. The lowest BCUT2D eigenvalue weighted by Crippen LogP contribution is -2.25. The average Bonchev–Trinajstić information content (AvgIpc) is 3.09. The van der Waals surface area contributed by atoms with E-state index in [2.05, 4.69) is 14.7 Å². The summed E-state index contributed by atoms with van der Waals surface area (Å²) >= 11 is 2.56. The van der Waals surface area contributed by atoms with Crippen molar-refractivity contribution in [1.82, 2.24) is 9.71 Å². The highest BCUT2D eigenvalue weighted by atomic mass is 32.2. The number of nitrogens with zero attached hydrogens (tertiary/aromatic N) is 3. The number of nitriles is 1. The van der Waals surface area contributed by atoms with Crippen LogP contribution in [0.15, 0.2) is 21.5 Å². The Morgan fingerprint density at radius 2 is 2.03 bits per heavy atom. The Morgan fingerprint density at radius 1 is 1.38 bits per heavy atom. The zero-order chi connectivity index (χ0) is 21.9. The molecule has 0 saturated heterocycles. The number of aromatic nitrogens is 1. The van der Waals surface area contributed by atoms with Gasteiger partial charge >= 0.3 is 0 Å². The first-order chi connectivity index (χ1) is 13.5. The molecule has 0 spiro atoms. The number of aliphatic imine (C=N–C) groups is 1. The van der Waals surface area contributed by atoms with Gasteiger partial charge in [-0.2, -0.15) is 5.26 Å². The van der Waals surface area contributed by atoms with Gasteiger partial charge in [0.05, 0.1) is 17.4 Å². The van der Waals surface area contributed by atoms with Gasteiger partial charge in [0, 0.05) is 5.56 Å². The zero-order valence-corrected chi connectivity index (χ0v) is 19.0. The smallest absolute Gasteiger partial charge is 0.204 e. The number of guanidine groups is 1. The molecule has 0 aliphatic rings. The first-order valence-electron chi connectivity index (χ1n) is 9.17. The Balaban J connectivity index is 2.38. The molecule has 1 aromatic carbocycles. The molecule has 0 unspecified atom stereocenters. The van der Waals surface area contributed by atoms with Gasteiger partial charge in [-0.25, -0.2) is 14.4 Å². The van der Waals surface area contributed by atoms with E-state index in [-0.39, 0.29) is 23.4 Å². The van der Waals surface area contributed by atoms with Crippen LogP contribution in [-0.2, 0) is 5.60 Å². The van der Waals surface area contributed by atoms with E-state index < -0.39 is 11.4 Å². The molecule has 0 bridgehead atoms. The first-order valence-corrected chi connectivity index (χ1v) is 10.8. The van der Waals surface area contributed by atoms with Crippen molar-refractivity contribution < 1.29 is 9.50 Å². The van der Waals surface area contributed by atoms with Crippen molar-refractivity contribution in [2.24, 2.45) is 10.7 Å². The standard InChI is InChI=1S/C20H26FN5OS2/c1-10(2)13-7-12(8-22)16(21)15(11(3)4)17(13)25-19(23)26-29-14-9-24-18(28-14)20(5,6)27/h7,9-11,27H,1-6H3,(H3,23,25,26). The van der Waals surface area contributed by atoms with E-state index >= 15 is 0 Å². The van der Waals surface area contributed by atoms with E-state index in [1.807, 2.05) is 33.8 Å². The van der Waals surface area contributed by atoms with Crippen molar-refractivity contribution in [2.75, 3.05) is 0 Å². The summed E-state index contributed by atoms with van der Waals surface area (Å²) in [7, 11) is 0. The van der Waals surface area contributed by atoms with Gasteiger partial charge in [-0.15, -0.1) is 11.3 Å². The molecular weight excluding hydrogens is 409 g/mol. The van der Waals surface area contributed by atoms with Gasteiger partial charge in [0.1, 0.15) is 26.7 Å².